The summed E-state index contributed by atoms with van der Waals surface area (Å²) in [7, 11) is 1.70. The Morgan fingerprint density at radius 2 is 1.94 bits per heavy atom. The maximum atomic E-state index is 5.89. The number of hydrogen-bond donors (Lipinski definition) is 1. The van der Waals surface area contributed by atoms with Gasteiger partial charge in [0.2, 0.25) is 0 Å². The van der Waals surface area contributed by atoms with E-state index in [4.69, 9.17) is 9.47 Å². The molecule has 1 N–H and O–H groups in total. The highest BCUT2D eigenvalue weighted by atomic mass is 16.5. The van der Waals surface area contributed by atoms with Gasteiger partial charge in [-0.25, -0.2) is 0 Å². The van der Waals surface area contributed by atoms with Crippen LogP contribution >= 0.6 is 0 Å². The average molecular weight is 251 g/mol. The molecule has 0 radical (unpaired) electrons. The molecule has 3 heteroatoms. The van der Waals surface area contributed by atoms with Crippen LogP contribution in [0.3, 0.4) is 0 Å². The number of rotatable bonds is 7. The maximum absolute atomic E-state index is 5.89. The molecule has 1 aromatic carbocycles. The Balaban J connectivity index is 2.73. The fourth-order valence-electron chi connectivity index (χ4n) is 1.64. The first-order chi connectivity index (χ1) is 8.54. The molecular formula is C15H25NO2. The molecule has 1 unspecified atom stereocenters. The normalized spacial score (nSPS) is 12.8. The van der Waals surface area contributed by atoms with Gasteiger partial charge < -0.3 is 14.8 Å². The van der Waals surface area contributed by atoms with Crippen LogP contribution in [0.1, 0.15) is 31.9 Å². The van der Waals surface area contributed by atoms with Gasteiger partial charge in [0.05, 0.1) is 6.10 Å². The fourth-order valence-corrected chi connectivity index (χ4v) is 1.64. The number of hydrogen-bond acceptors (Lipinski definition) is 3. The van der Waals surface area contributed by atoms with Crippen molar-refractivity contribution in [1.82, 2.24) is 5.32 Å². The zero-order valence-electron chi connectivity index (χ0n) is 12.1. The summed E-state index contributed by atoms with van der Waals surface area (Å²) in [5.41, 5.74) is 2.37. The zero-order chi connectivity index (χ0) is 13.5. The number of ether oxygens (including phenoxy) is 2. The molecule has 0 aliphatic carbocycles. The summed E-state index contributed by atoms with van der Waals surface area (Å²) in [4.78, 5) is 0. The first-order valence-corrected chi connectivity index (χ1v) is 6.52. The molecular weight excluding hydrogens is 226 g/mol. The van der Waals surface area contributed by atoms with Crippen LogP contribution < -0.4 is 10.1 Å². The number of aryl methyl sites for hydroxylation is 1. The number of para-hydroxylation sites is 1. The van der Waals surface area contributed by atoms with Crippen molar-refractivity contribution in [3.05, 3.63) is 29.3 Å². The van der Waals surface area contributed by atoms with Gasteiger partial charge in [-0.3, -0.25) is 0 Å². The molecule has 102 valence electrons. The summed E-state index contributed by atoms with van der Waals surface area (Å²) in [6, 6.07) is 6.72. The molecule has 0 saturated heterocycles. The quantitative estimate of drug-likeness (QED) is 0.808. The Labute approximate surface area is 110 Å². The monoisotopic (exact) mass is 251 g/mol. The summed E-state index contributed by atoms with van der Waals surface area (Å²) in [5.74, 6) is 0.981. The first kappa shape index (κ1) is 15.0. The molecule has 0 amide bonds. The minimum absolute atomic E-state index is 0.107. The van der Waals surface area contributed by atoms with Crippen molar-refractivity contribution in [3.63, 3.8) is 0 Å². The van der Waals surface area contributed by atoms with E-state index in [-0.39, 0.29) is 6.10 Å². The standard InChI is InChI=1S/C15H25NO2/c1-11(2)16-9-14-8-6-7-12(3)15(14)18-10-13(4)17-5/h6-8,11,13,16H,9-10H2,1-5H3. The first-order valence-electron chi connectivity index (χ1n) is 6.52. The largest absolute Gasteiger partial charge is 0.490 e. The minimum Gasteiger partial charge on any atom is -0.490 e. The minimum atomic E-state index is 0.107. The SMILES string of the molecule is COC(C)COc1c(C)cccc1CNC(C)C. The van der Waals surface area contributed by atoms with Crippen LogP contribution in [0.15, 0.2) is 18.2 Å². The molecule has 1 atom stereocenters. The van der Waals surface area contributed by atoms with E-state index in [0.717, 1.165) is 12.3 Å². The average Bonchev–Trinajstić information content (AvgIpc) is 2.34. The molecule has 0 fully saturated rings. The molecule has 0 spiro atoms. The van der Waals surface area contributed by atoms with Crippen molar-refractivity contribution in [1.29, 1.82) is 0 Å². The lowest BCUT2D eigenvalue weighted by Gasteiger charge is -2.17. The molecule has 18 heavy (non-hydrogen) atoms. The van der Waals surface area contributed by atoms with Crippen LogP contribution in [-0.2, 0) is 11.3 Å². The van der Waals surface area contributed by atoms with Crippen LogP contribution in [0, 0.1) is 6.92 Å². The lowest BCUT2D eigenvalue weighted by atomic mass is 10.1. The second-order valence-electron chi connectivity index (χ2n) is 4.96. The Kier molecular flexibility index (Phi) is 6.16. The van der Waals surface area contributed by atoms with Crippen molar-refractivity contribution in [2.45, 2.75) is 46.4 Å². The highest BCUT2D eigenvalue weighted by molar-refractivity contribution is 5.40. The summed E-state index contributed by atoms with van der Waals surface area (Å²) in [5, 5.41) is 3.42. The van der Waals surface area contributed by atoms with Crippen LogP contribution in [0.2, 0.25) is 0 Å². The third-order valence-electron chi connectivity index (χ3n) is 2.86. The van der Waals surface area contributed by atoms with E-state index in [9.17, 15) is 0 Å². The van der Waals surface area contributed by atoms with Gasteiger partial charge in [-0.15, -0.1) is 0 Å². The summed E-state index contributed by atoms with van der Waals surface area (Å²) >= 11 is 0. The smallest absolute Gasteiger partial charge is 0.126 e. The predicted molar refractivity (Wildman–Crippen MR) is 75.1 cm³/mol. The number of benzene rings is 1. The molecule has 1 rings (SSSR count). The zero-order valence-corrected chi connectivity index (χ0v) is 12.1. The third-order valence-corrected chi connectivity index (χ3v) is 2.86. The van der Waals surface area contributed by atoms with Gasteiger partial charge in [0.15, 0.2) is 0 Å². The van der Waals surface area contributed by atoms with Crippen molar-refractivity contribution >= 4 is 0 Å². The topological polar surface area (TPSA) is 30.5 Å². The summed E-state index contributed by atoms with van der Waals surface area (Å²) in [6.07, 6.45) is 0.107. The lowest BCUT2D eigenvalue weighted by molar-refractivity contribution is 0.0710. The number of methoxy groups -OCH3 is 1. The Bertz CT molecular complexity index is 364. The molecule has 1 aromatic rings. The van der Waals surface area contributed by atoms with Crippen molar-refractivity contribution in [2.75, 3.05) is 13.7 Å². The van der Waals surface area contributed by atoms with Crippen molar-refractivity contribution < 1.29 is 9.47 Å². The van der Waals surface area contributed by atoms with E-state index in [1.165, 1.54) is 11.1 Å². The lowest BCUT2D eigenvalue weighted by Crippen LogP contribution is -2.23. The van der Waals surface area contributed by atoms with Crippen LogP contribution in [0.4, 0.5) is 0 Å². The van der Waals surface area contributed by atoms with Gasteiger partial charge in [0, 0.05) is 25.3 Å². The Morgan fingerprint density at radius 3 is 2.56 bits per heavy atom. The Morgan fingerprint density at radius 1 is 1.22 bits per heavy atom. The second kappa shape index (κ2) is 7.39. The maximum Gasteiger partial charge on any atom is 0.126 e. The molecule has 0 aliphatic rings. The van der Waals surface area contributed by atoms with E-state index in [0.29, 0.717) is 12.6 Å². The van der Waals surface area contributed by atoms with Crippen molar-refractivity contribution in [2.24, 2.45) is 0 Å². The van der Waals surface area contributed by atoms with E-state index in [2.05, 4.69) is 44.3 Å². The van der Waals surface area contributed by atoms with Gasteiger partial charge in [-0.05, 0) is 19.4 Å². The van der Waals surface area contributed by atoms with E-state index in [1.54, 1.807) is 7.11 Å². The summed E-state index contributed by atoms with van der Waals surface area (Å²) < 4.78 is 11.1. The highest BCUT2D eigenvalue weighted by Crippen LogP contribution is 2.23. The van der Waals surface area contributed by atoms with Crippen LogP contribution in [0.5, 0.6) is 5.75 Å². The molecule has 0 aromatic heterocycles. The van der Waals surface area contributed by atoms with Crippen LogP contribution in [-0.4, -0.2) is 25.9 Å². The molecule has 3 nitrogen and oxygen atoms in total. The molecule has 0 heterocycles. The third kappa shape index (κ3) is 4.67. The molecule has 0 saturated carbocycles. The van der Waals surface area contributed by atoms with Gasteiger partial charge in [-0.2, -0.15) is 0 Å². The Hall–Kier alpha value is -1.06. The fraction of sp³-hybridized carbons (Fsp3) is 0.600. The highest BCUT2D eigenvalue weighted by Gasteiger charge is 2.09. The predicted octanol–water partition coefficient (Wildman–Crippen LogP) is 2.91. The van der Waals surface area contributed by atoms with Gasteiger partial charge >= 0.3 is 0 Å². The van der Waals surface area contributed by atoms with Gasteiger partial charge in [0.25, 0.3) is 0 Å². The van der Waals surface area contributed by atoms with E-state index in [1.807, 2.05) is 6.92 Å². The van der Waals surface area contributed by atoms with Gasteiger partial charge in [0.1, 0.15) is 12.4 Å². The number of nitrogens with one attached hydrogen (secondary N) is 1. The second-order valence-corrected chi connectivity index (χ2v) is 4.96. The molecule has 0 bridgehead atoms. The van der Waals surface area contributed by atoms with Crippen molar-refractivity contribution in [3.8, 4) is 5.75 Å². The summed E-state index contributed by atoms with van der Waals surface area (Å²) in [6.45, 7) is 9.77. The van der Waals surface area contributed by atoms with E-state index < -0.39 is 0 Å². The van der Waals surface area contributed by atoms with E-state index >= 15 is 0 Å². The van der Waals surface area contributed by atoms with Crippen LogP contribution in [0.25, 0.3) is 0 Å². The molecule has 0 aliphatic heterocycles. The van der Waals surface area contributed by atoms with Gasteiger partial charge in [-0.1, -0.05) is 32.0 Å².